The fraction of sp³-hybridized carbons (Fsp3) is 0.333. The molecule has 1 aromatic carbocycles. The quantitative estimate of drug-likeness (QED) is 0.642. The predicted molar refractivity (Wildman–Crippen MR) is 118 cm³/mol. The topological polar surface area (TPSA) is 84.2 Å². The Morgan fingerprint density at radius 1 is 1.17 bits per heavy atom. The first-order valence-electron chi connectivity index (χ1n) is 9.88. The Kier molecular flexibility index (Phi) is 5.35. The average Bonchev–Trinajstić information content (AvgIpc) is 3.40. The molecule has 0 bridgehead atoms. The molecule has 4 heterocycles. The number of benzene rings is 1. The van der Waals surface area contributed by atoms with Crippen LogP contribution in [-0.4, -0.2) is 34.4 Å². The number of hydrogen-bond donors (Lipinski definition) is 1. The number of hydrogen-bond acceptors (Lipinski definition) is 7. The summed E-state index contributed by atoms with van der Waals surface area (Å²) < 4.78 is 5.33. The summed E-state index contributed by atoms with van der Waals surface area (Å²) in [5, 5.41) is 16.4. The Hall–Kier alpha value is -2.58. The van der Waals surface area contributed by atoms with Gasteiger partial charge in [-0.3, -0.25) is 10.1 Å². The Morgan fingerprint density at radius 3 is 2.83 bits per heavy atom. The zero-order chi connectivity index (χ0) is 20.5. The third-order valence-corrected chi connectivity index (χ3v) is 6.72. The molecular weight excluding hydrogens is 422 g/mol. The van der Waals surface area contributed by atoms with Gasteiger partial charge < -0.3 is 9.42 Å². The van der Waals surface area contributed by atoms with Gasteiger partial charge in [-0.05, 0) is 37.1 Å². The maximum absolute atomic E-state index is 12.8. The van der Waals surface area contributed by atoms with Gasteiger partial charge in [0.2, 0.25) is 11.8 Å². The molecule has 0 saturated carbocycles. The highest BCUT2D eigenvalue weighted by molar-refractivity contribution is 7.98. The summed E-state index contributed by atoms with van der Waals surface area (Å²) in [6.07, 6.45) is 1.76. The Labute approximate surface area is 183 Å². The SMILES string of the molecule is O=C(Nc1onc2c1CSC2)C1CCCN(c2ccc(-c3ccc(Cl)cc3)nn2)C1. The minimum absolute atomic E-state index is 0.0266. The van der Waals surface area contributed by atoms with E-state index in [1.165, 1.54) is 0 Å². The number of carbonyl (C=O) groups is 1. The van der Waals surface area contributed by atoms with Gasteiger partial charge in [0, 0.05) is 35.2 Å². The lowest BCUT2D eigenvalue weighted by atomic mass is 9.97. The number of rotatable bonds is 4. The summed E-state index contributed by atoms with van der Waals surface area (Å²) in [4.78, 5) is 14.9. The second-order valence-electron chi connectivity index (χ2n) is 7.49. The van der Waals surface area contributed by atoms with Crippen molar-refractivity contribution >= 4 is 41.0 Å². The molecule has 2 aromatic heterocycles. The highest BCUT2D eigenvalue weighted by Gasteiger charge is 2.29. The molecule has 7 nitrogen and oxygen atoms in total. The second-order valence-corrected chi connectivity index (χ2v) is 8.91. The minimum atomic E-state index is -0.133. The maximum Gasteiger partial charge on any atom is 0.235 e. The largest absolute Gasteiger partial charge is 0.354 e. The van der Waals surface area contributed by atoms with Crippen molar-refractivity contribution in [2.24, 2.45) is 5.92 Å². The van der Waals surface area contributed by atoms with Crippen molar-refractivity contribution in [3.63, 3.8) is 0 Å². The second kappa shape index (κ2) is 8.28. The van der Waals surface area contributed by atoms with Crippen molar-refractivity contribution in [2.75, 3.05) is 23.3 Å². The lowest BCUT2D eigenvalue weighted by Gasteiger charge is -2.32. The standard InChI is InChI=1S/C21H20ClN5O2S/c22-15-5-3-13(4-6-15)17-7-8-19(25-24-17)27-9-1-2-14(10-27)20(28)23-21-16-11-30-12-18(16)26-29-21/h3-8,14H,1-2,9-12H2,(H,23,28). The summed E-state index contributed by atoms with van der Waals surface area (Å²) >= 11 is 7.73. The molecule has 1 unspecified atom stereocenters. The van der Waals surface area contributed by atoms with Gasteiger partial charge in [0.25, 0.3) is 0 Å². The highest BCUT2D eigenvalue weighted by atomic mass is 35.5. The molecule has 1 fully saturated rings. The lowest BCUT2D eigenvalue weighted by Crippen LogP contribution is -2.41. The van der Waals surface area contributed by atoms with E-state index in [1.54, 1.807) is 11.8 Å². The van der Waals surface area contributed by atoms with E-state index in [9.17, 15) is 4.79 Å². The van der Waals surface area contributed by atoms with Crippen LogP contribution in [0.4, 0.5) is 11.7 Å². The first-order valence-corrected chi connectivity index (χ1v) is 11.4. The zero-order valence-electron chi connectivity index (χ0n) is 16.2. The number of carbonyl (C=O) groups excluding carboxylic acids is 1. The first-order chi connectivity index (χ1) is 14.7. The highest BCUT2D eigenvalue weighted by Crippen LogP contribution is 2.35. The van der Waals surface area contributed by atoms with Crippen LogP contribution in [0.2, 0.25) is 5.02 Å². The third kappa shape index (κ3) is 3.89. The molecule has 1 saturated heterocycles. The summed E-state index contributed by atoms with van der Waals surface area (Å²) in [5.74, 6) is 2.80. The number of fused-ring (bicyclic) bond motifs is 1. The molecule has 154 valence electrons. The van der Waals surface area contributed by atoms with E-state index in [0.29, 0.717) is 17.5 Å². The van der Waals surface area contributed by atoms with Crippen molar-refractivity contribution in [1.82, 2.24) is 15.4 Å². The average molecular weight is 442 g/mol. The van der Waals surface area contributed by atoms with E-state index in [-0.39, 0.29) is 11.8 Å². The van der Waals surface area contributed by atoms with Crippen LogP contribution in [-0.2, 0) is 16.3 Å². The van der Waals surface area contributed by atoms with Gasteiger partial charge in [-0.1, -0.05) is 28.9 Å². The fourth-order valence-corrected chi connectivity index (χ4v) is 4.98. The zero-order valence-corrected chi connectivity index (χ0v) is 17.7. The lowest BCUT2D eigenvalue weighted by molar-refractivity contribution is -0.120. The van der Waals surface area contributed by atoms with Gasteiger partial charge in [0.05, 0.1) is 22.9 Å². The molecule has 2 aliphatic rings. The minimum Gasteiger partial charge on any atom is -0.354 e. The van der Waals surface area contributed by atoms with E-state index in [2.05, 4.69) is 25.6 Å². The number of nitrogens with one attached hydrogen (secondary N) is 1. The molecular formula is C21H20ClN5O2S. The van der Waals surface area contributed by atoms with Crippen LogP contribution in [0.1, 0.15) is 24.1 Å². The molecule has 0 aliphatic carbocycles. The molecule has 1 N–H and O–H groups in total. The van der Waals surface area contributed by atoms with Crippen molar-refractivity contribution < 1.29 is 9.32 Å². The normalized spacial score (nSPS) is 18.3. The summed E-state index contributed by atoms with van der Waals surface area (Å²) in [5.41, 5.74) is 3.71. The van der Waals surface area contributed by atoms with E-state index in [1.807, 2.05) is 36.4 Å². The summed E-state index contributed by atoms with van der Waals surface area (Å²) in [7, 11) is 0. The molecule has 0 spiro atoms. The number of thioether (sulfide) groups is 1. The summed E-state index contributed by atoms with van der Waals surface area (Å²) in [6, 6.07) is 11.4. The van der Waals surface area contributed by atoms with E-state index in [4.69, 9.17) is 16.1 Å². The van der Waals surface area contributed by atoms with Crippen molar-refractivity contribution in [2.45, 2.75) is 24.3 Å². The third-order valence-electron chi connectivity index (χ3n) is 5.50. The Bertz CT molecular complexity index is 1050. The van der Waals surface area contributed by atoms with Crippen LogP contribution in [0.25, 0.3) is 11.3 Å². The van der Waals surface area contributed by atoms with Gasteiger partial charge in [0.1, 0.15) is 0 Å². The van der Waals surface area contributed by atoms with E-state index >= 15 is 0 Å². The number of halogens is 1. The molecule has 3 aromatic rings. The van der Waals surface area contributed by atoms with E-state index < -0.39 is 0 Å². The van der Waals surface area contributed by atoms with Crippen LogP contribution in [0.15, 0.2) is 40.9 Å². The van der Waals surface area contributed by atoms with Crippen LogP contribution in [0, 0.1) is 5.92 Å². The van der Waals surface area contributed by atoms with Crippen LogP contribution in [0.3, 0.4) is 0 Å². The molecule has 1 amide bonds. The van der Waals surface area contributed by atoms with E-state index in [0.717, 1.165) is 59.2 Å². The van der Waals surface area contributed by atoms with Crippen molar-refractivity contribution in [3.05, 3.63) is 52.7 Å². The number of anilines is 2. The van der Waals surface area contributed by atoms with Gasteiger partial charge in [-0.25, -0.2) is 0 Å². The van der Waals surface area contributed by atoms with Crippen molar-refractivity contribution in [3.8, 4) is 11.3 Å². The molecule has 2 aliphatic heterocycles. The predicted octanol–water partition coefficient (Wildman–Crippen LogP) is 4.39. The van der Waals surface area contributed by atoms with Crippen LogP contribution in [0.5, 0.6) is 0 Å². The first kappa shape index (κ1) is 19.4. The fourth-order valence-electron chi connectivity index (χ4n) is 3.83. The Morgan fingerprint density at radius 2 is 2.03 bits per heavy atom. The molecule has 5 rings (SSSR count). The number of aromatic nitrogens is 3. The number of amides is 1. The molecule has 9 heteroatoms. The van der Waals surface area contributed by atoms with Gasteiger partial charge in [-0.15, -0.1) is 10.2 Å². The number of piperidine rings is 1. The van der Waals surface area contributed by atoms with Gasteiger partial charge >= 0.3 is 0 Å². The monoisotopic (exact) mass is 441 g/mol. The van der Waals surface area contributed by atoms with Crippen molar-refractivity contribution in [1.29, 1.82) is 0 Å². The van der Waals surface area contributed by atoms with Gasteiger partial charge in [0.15, 0.2) is 5.82 Å². The number of nitrogens with zero attached hydrogens (tertiary/aromatic N) is 4. The molecule has 30 heavy (non-hydrogen) atoms. The molecule has 0 radical (unpaired) electrons. The Balaban J connectivity index is 1.25. The van der Waals surface area contributed by atoms with Gasteiger partial charge in [-0.2, -0.15) is 11.8 Å². The van der Waals surface area contributed by atoms with Crippen LogP contribution >= 0.6 is 23.4 Å². The van der Waals surface area contributed by atoms with Crippen LogP contribution < -0.4 is 10.2 Å². The molecule has 1 atom stereocenters. The summed E-state index contributed by atoms with van der Waals surface area (Å²) in [6.45, 7) is 1.46. The maximum atomic E-state index is 12.8. The smallest absolute Gasteiger partial charge is 0.235 e.